The molecule has 0 aliphatic rings. The predicted octanol–water partition coefficient (Wildman–Crippen LogP) is 2.31. The number of ether oxygens (including phenoxy) is 2. The highest BCUT2D eigenvalue weighted by atomic mass is 16.5. The number of nitriles is 1. The molecule has 0 atom stereocenters. The smallest absolute Gasteiger partial charge is 0.338 e. The summed E-state index contributed by atoms with van der Waals surface area (Å²) in [5.74, 6) is -0.708. The van der Waals surface area contributed by atoms with Gasteiger partial charge in [0.25, 0.3) is 5.56 Å². The summed E-state index contributed by atoms with van der Waals surface area (Å²) in [5, 5.41) is 19.8. The molecule has 0 bridgehead atoms. The van der Waals surface area contributed by atoms with E-state index in [4.69, 9.17) is 9.47 Å². The Bertz CT molecular complexity index is 985. The second kappa shape index (κ2) is 9.48. The van der Waals surface area contributed by atoms with Gasteiger partial charge < -0.3 is 14.6 Å². The molecule has 0 fully saturated rings. The van der Waals surface area contributed by atoms with Gasteiger partial charge in [-0.05, 0) is 43.7 Å². The van der Waals surface area contributed by atoms with Gasteiger partial charge in [0.1, 0.15) is 11.6 Å². The van der Waals surface area contributed by atoms with E-state index in [1.54, 1.807) is 38.1 Å². The van der Waals surface area contributed by atoms with Gasteiger partial charge in [-0.2, -0.15) is 5.26 Å². The van der Waals surface area contributed by atoms with Gasteiger partial charge in [-0.1, -0.05) is 0 Å². The van der Waals surface area contributed by atoms with E-state index in [-0.39, 0.29) is 36.8 Å². The third-order valence-electron chi connectivity index (χ3n) is 4.09. The Morgan fingerprint density at radius 3 is 2.61 bits per heavy atom. The van der Waals surface area contributed by atoms with E-state index < -0.39 is 11.5 Å². The summed E-state index contributed by atoms with van der Waals surface area (Å²) in [6, 6.07) is 8.29. The fourth-order valence-corrected chi connectivity index (χ4v) is 2.55. The van der Waals surface area contributed by atoms with Crippen LogP contribution in [0.25, 0.3) is 0 Å². The van der Waals surface area contributed by atoms with Gasteiger partial charge in [-0.3, -0.25) is 14.4 Å². The Hall–Kier alpha value is -3.44. The molecule has 1 aromatic carbocycles. The number of benzene rings is 1. The van der Waals surface area contributed by atoms with Crippen LogP contribution in [-0.4, -0.2) is 42.2 Å². The molecule has 0 amide bonds. The van der Waals surface area contributed by atoms with Gasteiger partial charge in [0, 0.05) is 13.3 Å². The number of aromatic hydroxyl groups is 1. The molecule has 0 radical (unpaired) electrons. The summed E-state index contributed by atoms with van der Waals surface area (Å²) in [6.07, 6.45) is 1.38. The van der Waals surface area contributed by atoms with Gasteiger partial charge in [0.05, 0.1) is 36.6 Å². The number of carbonyl (C=O) groups excluding carboxylic acids is 1. The number of aromatic nitrogens is 1. The summed E-state index contributed by atoms with van der Waals surface area (Å²) in [6.45, 7) is 3.90. The van der Waals surface area contributed by atoms with Crippen molar-refractivity contribution in [1.82, 2.24) is 4.57 Å². The summed E-state index contributed by atoms with van der Waals surface area (Å²) in [7, 11) is 1.48. The summed E-state index contributed by atoms with van der Waals surface area (Å²) < 4.78 is 11.0. The molecule has 0 aliphatic heterocycles. The van der Waals surface area contributed by atoms with Crippen molar-refractivity contribution in [1.29, 1.82) is 5.26 Å². The SMILES string of the molecule is CCOC(=O)c1ccc(N=Cc2c(C)c(C#N)c(=O)n(CCOC)c2O)cc1. The molecule has 28 heavy (non-hydrogen) atoms. The zero-order chi connectivity index (χ0) is 20.7. The first-order valence-corrected chi connectivity index (χ1v) is 8.61. The number of methoxy groups -OCH3 is 1. The van der Waals surface area contributed by atoms with Crippen LogP contribution in [0.5, 0.6) is 5.88 Å². The number of pyridine rings is 1. The number of aliphatic imine (C=N–C) groups is 1. The standard InChI is InChI=1S/C20H21N3O5/c1-4-28-20(26)14-5-7-15(8-6-14)22-12-17-13(2)16(11-21)18(24)23(19(17)25)9-10-27-3/h5-8,12,25H,4,9-10H2,1-3H3. The maximum Gasteiger partial charge on any atom is 0.338 e. The van der Waals surface area contributed by atoms with Gasteiger partial charge in [0.15, 0.2) is 0 Å². The highest BCUT2D eigenvalue weighted by Crippen LogP contribution is 2.21. The van der Waals surface area contributed by atoms with E-state index in [2.05, 4.69) is 4.99 Å². The van der Waals surface area contributed by atoms with Crippen molar-refractivity contribution in [2.24, 2.45) is 4.99 Å². The van der Waals surface area contributed by atoms with Gasteiger partial charge in [-0.15, -0.1) is 0 Å². The molecule has 2 rings (SSSR count). The minimum absolute atomic E-state index is 0.0620. The maximum atomic E-state index is 12.4. The molecule has 0 saturated carbocycles. The van der Waals surface area contributed by atoms with Crippen molar-refractivity contribution in [3.05, 3.63) is 56.9 Å². The van der Waals surface area contributed by atoms with Crippen molar-refractivity contribution in [3.63, 3.8) is 0 Å². The molecule has 0 aliphatic carbocycles. The van der Waals surface area contributed by atoms with Crippen LogP contribution in [0.4, 0.5) is 5.69 Å². The molecule has 8 nitrogen and oxygen atoms in total. The Kier molecular flexibility index (Phi) is 7.07. The van der Waals surface area contributed by atoms with Crippen LogP contribution in [-0.2, 0) is 16.0 Å². The summed E-state index contributed by atoms with van der Waals surface area (Å²) >= 11 is 0. The second-order valence-electron chi connectivity index (χ2n) is 5.82. The number of hydrogen-bond acceptors (Lipinski definition) is 7. The molecule has 2 aromatic rings. The molecule has 8 heteroatoms. The largest absolute Gasteiger partial charge is 0.494 e. The zero-order valence-electron chi connectivity index (χ0n) is 15.9. The average Bonchev–Trinajstić information content (AvgIpc) is 2.69. The average molecular weight is 383 g/mol. The van der Waals surface area contributed by atoms with E-state index in [0.717, 1.165) is 4.57 Å². The van der Waals surface area contributed by atoms with Crippen LogP contribution in [0, 0.1) is 18.3 Å². The lowest BCUT2D eigenvalue weighted by molar-refractivity contribution is 0.0526. The number of esters is 1. The third-order valence-corrected chi connectivity index (χ3v) is 4.09. The first-order valence-electron chi connectivity index (χ1n) is 8.61. The number of nitrogens with zero attached hydrogens (tertiary/aromatic N) is 3. The van der Waals surface area contributed by atoms with Crippen LogP contribution < -0.4 is 5.56 Å². The Morgan fingerprint density at radius 2 is 2.04 bits per heavy atom. The van der Waals surface area contributed by atoms with Crippen LogP contribution in [0.2, 0.25) is 0 Å². The number of hydrogen-bond donors (Lipinski definition) is 1. The van der Waals surface area contributed by atoms with Gasteiger partial charge >= 0.3 is 5.97 Å². The van der Waals surface area contributed by atoms with Crippen LogP contribution >= 0.6 is 0 Å². The Balaban J connectivity index is 2.41. The Morgan fingerprint density at radius 1 is 1.36 bits per heavy atom. The van der Waals surface area contributed by atoms with Crippen LogP contribution in [0.15, 0.2) is 34.1 Å². The molecule has 1 N–H and O–H groups in total. The molecular formula is C20H21N3O5. The molecular weight excluding hydrogens is 362 g/mol. The first-order chi connectivity index (χ1) is 13.4. The topological polar surface area (TPSA) is 114 Å². The van der Waals surface area contributed by atoms with Crippen molar-refractivity contribution >= 4 is 17.9 Å². The van der Waals surface area contributed by atoms with Crippen molar-refractivity contribution < 1.29 is 19.4 Å². The predicted molar refractivity (Wildman–Crippen MR) is 103 cm³/mol. The maximum absolute atomic E-state index is 12.4. The highest BCUT2D eigenvalue weighted by molar-refractivity contribution is 5.90. The van der Waals surface area contributed by atoms with Gasteiger partial charge in [-0.25, -0.2) is 4.79 Å². The van der Waals surface area contributed by atoms with E-state index in [0.29, 0.717) is 16.8 Å². The quantitative estimate of drug-likeness (QED) is 0.580. The van der Waals surface area contributed by atoms with Crippen molar-refractivity contribution in [3.8, 4) is 11.9 Å². The molecule has 1 heterocycles. The van der Waals surface area contributed by atoms with Crippen molar-refractivity contribution in [2.75, 3.05) is 20.3 Å². The molecule has 0 saturated heterocycles. The normalized spacial score (nSPS) is 10.8. The van der Waals surface area contributed by atoms with E-state index in [1.165, 1.54) is 13.3 Å². The third kappa shape index (κ3) is 4.45. The molecule has 0 spiro atoms. The first kappa shape index (κ1) is 20.9. The molecule has 146 valence electrons. The highest BCUT2D eigenvalue weighted by Gasteiger charge is 2.17. The lowest BCUT2D eigenvalue weighted by Crippen LogP contribution is -2.26. The number of rotatable bonds is 7. The monoisotopic (exact) mass is 383 g/mol. The minimum Gasteiger partial charge on any atom is -0.494 e. The molecule has 0 unspecified atom stereocenters. The van der Waals surface area contributed by atoms with Crippen LogP contribution in [0.1, 0.15) is 34.0 Å². The van der Waals surface area contributed by atoms with E-state index in [1.807, 2.05) is 6.07 Å². The minimum atomic E-state index is -0.578. The summed E-state index contributed by atoms with van der Waals surface area (Å²) in [5.41, 5.74) is 0.894. The van der Waals surface area contributed by atoms with Crippen molar-refractivity contribution in [2.45, 2.75) is 20.4 Å². The number of carbonyl (C=O) groups is 1. The van der Waals surface area contributed by atoms with Crippen LogP contribution in [0.3, 0.4) is 0 Å². The zero-order valence-corrected chi connectivity index (χ0v) is 15.9. The lowest BCUT2D eigenvalue weighted by atomic mass is 10.1. The fourth-order valence-electron chi connectivity index (χ4n) is 2.55. The second-order valence-corrected chi connectivity index (χ2v) is 5.82. The summed E-state index contributed by atoms with van der Waals surface area (Å²) in [4.78, 5) is 28.3. The molecule has 1 aromatic heterocycles. The van der Waals surface area contributed by atoms with E-state index >= 15 is 0 Å². The van der Waals surface area contributed by atoms with Gasteiger partial charge in [0.2, 0.25) is 5.88 Å². The Labute approximate surface area is 162 Å². The van der Waals surface area contributed by atoms with E-state index in [9.17, 15) is 20.0 Å². The fraction of sp³-hybridized carbons (Fsp3) is 0.300. The lowest BCUT2D eigenvalue weighted by Gasteiger charge is -2.13.